The minimum Gasteiger partial charge on any atom is -0.479 e. The highest BCUT2D eigenvalue weighted by Gasteiger charge is 2.39. The van der Waals surface area contributed by atoms with Crippen molar-refractivity contribution in [1.29, 1.82) is 5.26 Å². The molecule has 0 unspecified atom stereocenters. The van der Waals surface area contributed by atoms with Gasteiger partial charge in [-0.05, 0) is 42.2 Å². The van der Waals surface area contributed by atoms with Gasteiger partial charge in [0, 0.05) is 16.5 Å². The largest absolute Gasteiger partial charge is 0.479 e. The molecular formula is C20H16Cl2N2O. The van der Waals surface area contributed by atoms with Gasteiger partial charge in [0.15, 0.2) is 6.61 Å². The average Bonchev–Trinajstić information content (AvgIpc) is 3.12. The van der Waals surface area contributed by atoms with Gasteiger partial charge in [-0.1, -0.05) is 47.5 Å². The number of nitrogens with one attached hydrogen (secondary N) is 1. The van der Waals surface area contributed by atoms with E-state index in [0.717, 1.165) is 22.7 Å². The smallest absolute Gasteiger partial charge is 0.174 e. The molecule has 0 aromatic heterocycles. The molecule has 25 heavy (non-hydrogen) atoms. The first-order valence-electron chi connectivity index (χ1n) is 8.20. The van der Waals surface area contributed by atoms with Crippen molar-refractivity contribution in [2.75, 3.05) is 11.9 Å². The van der Waals surface area contributed by atoms with Crippen LogP contribution in [-0.2, 0) is 0 Å². The number of rotatable bonds is 3. The Morgan fingerprint density at radius 2 is 1.88 bits per heavy atom. The number of benzene rings is 2. The Bertz CT molecular complexity index is 871. The molecule has 0 fully saturated rings. The number of hydrogen-bond donors (Lipinski definition) is 1. The molecule has 1 heterocycles. The Morgan fingerprint density at radius 1 is 1.12 bits per heavy atom. The molecule has 5 heteroatoms. The van der Waals surface area contributed by atoms with E-state index >= 15 is 0 Å². The number of halogens is 2. The molecule has 3 nitrogen and oxygen atoms in total. The fraction of sp³-hybridized carbons (Fsp3) is 0.250. The summed E-state index contributed by atoms with van der Waals surface area (Å²) in [6.07, 6.45) is 5.46. The second-order valence-electron chi connectivity index (χ2n) is 6.31. The van der Waals surface area contributed by atoms with Gasteiger partial charge in [-0.3, -0.25) is 0 Å². The van der Waals surface area contributed by atoms with Crippen LogP contribution in [0.3, 0.4) is 0 Å². The monoisotopic (exact) mass is 370 g/mol. The topological polar surface area (TPSA) is 45.0 Å². The van der Waals surface area contributed by atoms with Crippen LogP contribution in [0.4, 0.5) is 5.69 Å². The van der Waals surface area contributed by atoms with Crippen molar-refractivity contribution >= 4 is 28.9 Å². The van der Waals surface area contributed by atoms with Crippen LogP contribution in [0, 0.1) is 17.2 Å². The molecule has 0 saturated carbocycles. The highest BCUT2D eigenvalue weighted by Crippen LogP contribution is 2.53. The van der Waals surface area contributed by atoms with Gasteiger partial charge in [0.05, 0.1) is 16.8 Å². The predicted octanol–water partition coefficient (Wildman–Crippen LogP) is 5.72. The summed E-state index contributed by atoms with van der Waals surface area (Å²) in [5, 5.41) is 13.7. The van der Waals surface area contributed by atoms with E-state index in [1.807, 2.05) is 42.5 Å². The van der Waals surface area contributed by atoms with Crippen LogP contribution >= 0.6 is 23.2 Å². The Kier molecular flexibility index (Phi) is 4.33. The molecule has 1 aliphatic heterocycles. The maximum Gasteiger partial charge on any atom is 0.174 e. The lowest BCUT2D eigenvalue weighted by Crippen LogP contribution is -2.29. The molecule has 1 N–H and O–H groups in total. The molecule has 0 saturated heterocycles. The molecule has 2 aromatic rings. The molecule has 2 aliphatic rings. The lowest BCUT2D eigenvalue weighted by Gasteiger charge is -2.38. The molecule has 0 radical (unpaired) electrons. The van der Waals surface area contributed by atoms with Crippen molar-refractivity contribution in [2.24, 2.45) is 5.92 Å². The zero-order chi connectivity index (χ0) is 17.4. The van der Waals surface area contributed by atoms with E-state index in [1.54, 1.807) is 0 Å². The Labute approximate surface area is 156 Å². The van der Waals surface area contributed by atoms with Gasteiger partial charge in [0.1, 0.15) is 11.8 Å². The number of hydrogen-bond acceptors (Lipinski definition) is 3. The number of nitriles is 1. The average molecular weight is 371 g/mol. The van der Waals surface area contributed by atoms with E-state index in [9.17, 15) is 0 Å². The van der Waals surface area contributed by atoms with Crippen LogP contribution < -0.4 is 10.1 Å². The quantitative estimate of drug-likeness (QED) is 0.702. The van der Waals surface area contributed by atoms with E-state index in [4.69, 9.17) is 33.2 Å². The first-order valence-corrected chi connectivity index (χ1v) is 8.95. The van der Waals surface area contributed by atoms with E-state index < -0.39 is 0 Å². The van der Waals surface area contributed by atoms with E-state index in [-0.39, 0.29) is 18.6 Å². The fourth-order valence-corrected chi connectivity index (χ4v) is 4.35. The molecule has 0 bridgehead atoms. The minimum absolute atomic E-state index is 0.0527. The summed E-state index contributed by atoms with van der Waals surface area (Å²) in [4.78, 5) is 0. The van der Waals surface area contributed by atoms with Crippen LogP contribution in [0.25, 0.3) is 0 Å². The van der Waals surface area contributed by atoms with Gasteiger partial charge in [-0.15, -0.1) is 0 Å². The maximum atomic E-state index is 8.61. The van der Waals surface area contributed by atoms with Crippen LogP contribution in [0.1, 0.15) is 29.5 Å². The number of ether oxygens (including phenoxy) is 1. The zero-order valence-electron chi connectivity index (χ0n) is 13.4. The lowest BCUT2D eigenvalue weighted by molar-refractivity contribution is 0.367. The highest BCUT2D eigenvalue weighted by molar-refractivity contribution is 6.36. The SMILES string of the molecule is N#CCOc1ccc([C@@H]2Nc3c(Cl)ccc(Cl)c3[C@H]3C=CC[C@@H]32)cc1. The van der Waals surface area contributed by atoms with Crippen molar-refractivity contribution in [1.82, 2.24) is 0 Å². The first-order chi connectivity index (χ1) is 12.2. The highest BCUT2D eigenvalue weighted by atomic mass is 35.5. The number of anilines is 1. The van der Waals surface area contributed by atoms with Crippen LogP contribution in [0.15, 0.2) is 48.6 Å². The molecule has 4 rings (SSSR count). The third kappa shape index (κ3) is 2.86. The number of allylic oxidation sites excluding steroid dienone is 2. The Morgan fingerprint density at radius 3 is 2.64 bits per heavy atom. The van der Waals surface area contributed by atoms with Gasteiger partial charge < -0.3 is 10.1 Å². The minimum atomic E-state index is 0.0527. The number of nitrogens with zero attached hydrogens (tertiary/aromatic N) is 1. The van der Waals surface area contributed by atoms with E-state index in [1.165, 1.54) is 5.56 Å². The summed E-state index contributed by atoms with van der Waals surface area (Å²) in [7, 11) is 0. The summed E-state index contributed by atoms with van der Waals surface area (Å²) in [5.74, 6) is 1.36. The van der Waals surface area contributed by atoms with Crippen molar-refractivity contribution in [2.45, 2.75) is 18.4 Å². The van der Waals surface area contributed by atoms with E-state index in [2.05, 4.69) is 17.5 Å². The molecule has 0 amide bonds. The Hall–Kier alpha value is -2.15. The van der Waals surface area contributed by atoms with Crippen molar-refractivity contribution in [3.8, 4) is 11.8 Å². The summed E-state index contributed by atoms with van der Waals surface area (Å²) >= 11 is 12.9. The summed E-state index contributed by atoms with van der Waals surface area (Å²) < 4.78 is 5.34. The third-order valence-corrected chi connectivity index (χ3v) is 5.60. The third-order valence-electron chi connectivity index (χ3n) is 4.96. The normalized spacial score (nSPS) is 23.3. The van der Waals surface area contributed by atoms with Crippen LogP contribution in [-0.4, -0.2) is 6.61 Å². The van der Waals surface area contributed by atoms with Crippen LogP contribution in [0.2, 0.25) is 10.0 Å². The zero-order valence-corrected chi connectivity index (χ0v) is 14.9. The van der Waals surface area contributed by atoms with Crippen molar-refractivity contribution in [3.63, 3.8) is 0 Å². The second kappa shape index (κ2) is 6.63. The van der Waals surface area contributed by atoms with Crippen LogP contribution in [0.5, 0.6) is 5.75 Å². The maximum absolute atomic E-state index is 8.61. The molecule has 2 aromatic carbocycles. The summed E-state index contributed by atoms with van der Waals surface area (Å²) in [6.45, 7) is 0.0527. The van der Waals surface area contributed by atoms with Gasteiger partial charge in [-0.25, -0.2) is 0 Å². The lowest BCUT2D eigenvalue weighted by atomic mass is 9.77. The summed E-state index contributed by atoms with van der Waals surface area (Å²) in [5.41, 5.74) is 3.19. The molecule has 126 valence electrons. The molecule has 0 spiro atoms. The predicted molar refractivity (Wildman–Crippen MR) is 100 cm³/mol. The van der Waals surface area contributed by atoms with E-state index in [0.29, 0.717) is 16.7 Å². The Balaban J connectivity index is 1.70. The fourth-order valence-electron chi connectivity index (χ4n) is 3.85. The van der Waals surface area contributed by atoms with Gasteiger partial charge >= 0.3 is 0 Å². The first kappa shape index (κ1) is 16.3. The standard InChI is InChI=1S/C20H16Cl2N2O/c21-16-8-9-17(22)20-18(16)14-2-1-3-15(14)19(24-20)12-4-6-13(7-5-12)25-11-10-23/h1-2,4-9,14-15,19,24H,3,11H2/t14-,15-,19-/m0/s1. The second-order valence-corrected chi connectivity index (χ2v) is 7.12. The molecule has 1 aliphatic carbocycles. The number of fused-ring (bicyclic) bond motifs is 3. The van der Waals surface area contributed by atoms with Gasteiger partial charge in [-0.2, -0.15) is 5.26 Å². The molecular weight excluding hydrogens is 355 g/mol. The molecule has 3 atom stereocenters. The van der Waals surface area contributed by atoms with Gasteiger partial charge in [0.2, 0.25) is 0 Å². The summed E-state index contributed by atoms with van der Waals surface area (Å²) in [6, 6.07) is 13.7. The van der Waals surface area contributed by atoms with Gasteiger partial charge in [0.25, 0.3) is 0 Å². The van der Waals surface area contributed by atoms with Crippen molar-refractivity contribution in [3.05, 3.63) is 69.7 Å². The van der Waals surface area contributed by atoms with Crippen molar-refractivity contribution < 1.29 is 4.74 Å².